The molecule has 14 heavy (non-hydrogen) atoms. The van der Waals surface area contributed by atoms with Gasteiger partial charge in [0.25, 0.3) is 0 Å². The molecule has 0 aromatic carbocycles. The standard InChI is InChI=1S/C10H17N3S/c1-9-5-6-10(13-12-9)11-7-3-4-8-14-2/h5-6H,3-4,7-8H2,1-2H3,(H,11,13). The van der Waals surface area contributed by atoms with E-state index in [1.807, 2.05) is 30.8 Å². The summed E-state index contributed by atoms with van der Waals surface area (Å²) in [6.45, 7) is 2.92. The number of hydrogen-bond donors (Lipinski definition) is 1. The highest BCUT2D eigenvalue weighted by Gasteiger charge is 1.93. The molecule has 0 aliphatic carbocycles. The Bertz CT molecular complexity index is 248. The third-order valence-corrected chi connectivity index (χ3v) is 2.58. The summed E-state index contributed by atoms with van der Waals surface area (Å²) in [5.74, 6) is 2.11. The molecule has 0 atom stereocenters. The van der Waals surface area contributed by atoms with Crippen LogP contribution in [-0.2, 0) is 0 Å². The normalized spacial score (nSPS) is 10.1. The van der Waals surface area contributed by atoms with Gasteiger partial charge in [0.15, 0.2) is 0 Å². The minimum absolute atomic E-state index is 0.875. The maximum Gasteiger partial charge on any atom is 0.148 e. The molecule has 0 unspecified atom stereocenters. The van der Waals surface area contributed by atoms with Gasteiger partial charge in [0, 0.05) is 6.54 Å². The van der Waals surface area contributed by atoms with E-state index in [-0.39, 0.29) is 0 Å². The fourth-order valence-corrected chi connectivity index (χ4v) is 1.57. The van der Waals surface area contributed by atoms with Gasteiger partial charge in [0.2, 0.25) is 0 Å². The maximum absolute atomic E-state index is 4.03. The van der Waals surface area contributed by atoms with Crippen LogP contribution < -0.4 is 5.32 Å². The van der Waals surface area contributed by atoms with E-state index in [4.69, 9.17) is 0 Å². The monoisotopic (exact) mass is 211 g/mol. The van der Waals surface area contributed by atoms with Crippen molar-refractivity contribution < 1.29 is 0 Å². The van der Waals surface area contributed by atoms with Crippen LogP contribution >= 0.6 is 11.8 Å². The van der Waals surface area contributed by atoms with Crippen molar-refractivity contribution in [2.75, 3.05) is 23.9 Å². The van der Waals surface area contributed by atoms with Crippen molar-refractivity contribution in [2.24, 2.45) is 0 Å². The molecule has 1 N–H and O–H groups in total. The first-order valence-corrected chi connectivity index (χ1v) is 6.25. The SMILES string of the molecule is CSCCCCNc1ccc(C)nn1. The molecule has 0 aliphatic heterocycles. The quantitative estimate of drug-likeness (QED) is 0.733. The highest BCUT2D eigenvalue weighted by Crippen LogP contribution is 2.03. The number of rotatable bonds is 6. The zero-order valence-electron chi connectivity index (χ0n) is 8.79. The van der Waals surface area contributed by atoms with Gasteiger partial charge in [0.1, 0.15) is 5.82 Å². The topological polar surface area (TPSA) is 37.8 Å². The number of aromatic nitrogens is 2. The lowest BCUT2D eigenvalue weighted by Crippen LogP contribution is -2.04. The zero-order chi connectivity index (χ0) is 10.2. The average Bonchev–Trinajstić information content (AvgIpc) is 2.21. The molecule has 0 fully saturated rings. The van der Waals surface area contributed by atoms with E-state index in [2.05, 4.69) is 21.8 Å². The molecule has 0 aliphatic rings. The first-order chi connectivity index (χ1) is 6.83. The minimum Gasteiger partial charge on any atom is -0.369 e. The second kappa shape index (κ2) is 6.65. The number of hydrogen-bond acceptors (Lipinski definition) is 4. The van der Waals surface area contributed by atoms with Crippen molar-refractivity contribution in [3.05, 3.63) is 17.8 Å². The molecule has 0 spiro atoms. The number of anilines is 1. The Morgan fingerprint density at radius 3 is 2.79 bits per heavy atom. The molecule has 1 rings (SSSR count). The van der Waals surface area contributed by atoms with E-state index in [0.29, 0.717) is 0 Å². The summed E-state index contributed by atoms with van der Waals surface area (Å²) in [5.41, 5.74) is 0.956. The lowest BCUT2D eigenvalue weighted by atomic mass is 10.3. The van der Waals surface area contributed by atoms with Crippen LogP contribution in [0.25, 0.3) is 0 Å². The molecule has 78 valence electrons. The van der Waals surface area contributed by atoms with Gasteiger partial charge in [-0.1, -0.05) is 0 Å². The Kier molecular flexibility index (Phi) is 5.37. The molecule has 0 amide bonds. The summed E-state index contributed by atoms with van der Waals surface area (Å²) in [5, 5.41) is 11.3. The number of unbranched alkanes of at least 4 members (excludes halogenated alkanes) is 1. The number of thioether (sulfide) groups is 1. The molecule has 1 aromatic rings. The highest BCUT2D eigenvalue weighted by atomic mass is 32.2. The Hall–Kier alpha value is -0.770. The smallest absolute Gasteiger partial charge is 0.148 e. The van der Waals surface area contributed by atoms with Crippen molar-refractivity contribution >= 4 is 17.6 Å². The van der Waals surface area contributed by atoms with Crippen LogP contribution in [0, 0.1) is 6.92 Å². The molecule has 3 nitrogen and oxygen atoms in total. The number of aryl methyl sites for hydroxylation is 1. The first-order valence-electron chi connectivity index (χ1n) is 4.86. The molecule has 0 saturated heterocycles. The second-order valence-corrected chi connectivity index (χ2v) is 4.17. The molecule has 0 bridgehead atoms. The van der Waals surface area contributed by atoms with E-state index < -0.39 is 0 Å². The lowest BCUT2D eigenvalue weighted by molar-refractivity contribution is 0.833. The van der Waals surface area contributed by atoms with Crippen LogP contribution in [0.1, 0.15) is 18.5 Å². The van der Waals surface area contributed by atoms with Crippen molar-refractivity contribution in [3.8, 4) is 0 Å². The highest BCUT2D eigenvalue weighted by molar-refractivity contribution is 7.98. The summed E-state index contributed by atoms with van der Waals surface area (Å²) < 4.78 is 0. The van der Waals surface area contributed by atoms with E-state index in [0.717, 1.165) is 18.1 Å². The molecule has 4 heteroatoms. The molecule has 1 aromatic heterocycles. The Morgan fingerprint density at radius 1 is 1.29 bits per heavy atom. The lowest BCUT2D eigenvalue weighted by Gasteiger charge is -2.03. The maximum atomic E-state index is 4.03. The van der Waals surface area contributed by atoms with E-state index >= 15 is 0 Å². The van der Waals surface area contributed by atoms with Gasteiger partial charge in [-0.25, -0.2) is 0 Å². The largest absolute Gasteiger partial charge is 0.369 e. The molecule has 1 heterocycles. The van der Waals surface area contributed by atoms with Gasteiger partial charge in [-0.05, 0) is 43.9 Å². The minimum atomic E-state index is 0.875. The van der Waals surface area contributed by atoms with Crippen LogP contribution in [0.5, 0.6) is 0 Å². The van der Waals surface area contributed by atoms with Crippen LogP contribution in [0.15, 0.2) is 12.1 Å². The fraction of sp³-hybridized carbons (Fsp3) is 0.600. The Morgan fingerprint density at radius 2 is 2.14 bits per heavy atom. The van der Waals surface area contributed by atoms with Crippen molar-refractivity contribution in [2.45, 2.75) is 19.8 Å². The summed E-state index contributed by atoms with van der Waals surface area (Å²) in [7, 11) is 0. The zero-order valence-corrected chi connectivity index (χ0v) is 9.60. The van der Waals surface area contributed by atoms with Crippen LogP contribution in [0.2, 0.25) is 0 Å². The van der Waals surface area contributed by atoms with Crippen LogP contribution in [0.3, 0.4) is 0 Å². The summed E-state index contributed by atoms with van der Waals surface area (Å²) in [4.78, 5) is 0. The third kappa shape index (κ3) is 4.46. The van der Waals surface area contributed by atoms with E-state index in [1.54, 1.807) is 0 Å². The van der Waals surface area contributed by atoms with E-state index in [1.165, 1.54) is 18.6 Å². The van der Waals surface area contributed by atoms with Gasteiger partial charge >= 0.3 is 0 Å². The van der Waals surface area contributed by atoms with Gasteiger partial charge in [-0.15, -0.1) is 5.10 Å². The van der Waals surface area contributed by atoms with Gasteiger partial charge in [-0.3, -0.25) is 0 Å². The second-order valence-electron chi connectivity index (χ2n) is 3.19. The average molecular weight is 211 g/mol. The summed E-state index contributed by atoms with van der Waals surface area (Å²) >= 11 is 1.89. The molecular formula is C10H17N3S. The molecule has 0 saturated carbocycles. The number of nitrogens with zero attached hydrogens (tertiary/aromatic N) is 2. The predicted molar refractivity (Wildman–Crippen MR) is 62.9 cm³/mol. The van der Waals surface area contributed by atoms with E-state index in [9.17, 15) is 0 Å². The van der Waals surface area contributed by atoms with Gasteiger partial charge < -0.3 is 5.32 Å². The van der Waals surface area contributed by atoms with Crippen molar-refractivity contribution in [1.82, 2.24) is 10.2 Å². The number of nitrogens with one attached hydrogen (secondary N) is 1. The van der Waals surface area contributed by atoms with Crippen LogP contribution in [-0.4, -0.2) is 28.8 Å². The van der Waals surface area contributed by atoms with Gasteiger partial charge in [0.05, 0.1) is 5.69 Å². The summed E-state index contributed by atoms with van der Waals surface area (Å²) in [6, 6.07) is 3.94. The fourth-order valence-electron chi connectivity index (χ4n) is 1.08. The Balaban J connectivity index is 2.15. The Labute approximate surface area is 89.7 Å². The summed E-state index contributed by atoms with van der Waals surface area (Å²) in [6.07, 6.45) is 4.59. The predicted octanol–water partition coefficient (Wildman–Crippen LogP) is 2.34. The first kappa shape index (κ1) is 11.3. The van der Waals surface area contributed by atoms with Crippen molar-refractivity contribution in [3.63, 3.8) is 0 Å². The van der Waals surface area contributed by atoms with Crippen molar-refractivity contribution in [1.29, 1.82) is 0 Å². The van der Waals surface area contributed by atoms with Crippen LogP contribution in [0.4, 0.5) is 5.82 Å². The van der Waals surface area contributed by atoms with Gasteiger partial charge in [-0.2, -0.15) is 16.9 Å². The molecular weight excluding hydrogens is 194 g/mol. The third-order valence-electron chi connectivity index (χ3n) is 1.88. The molecule has 0 radical (unpaired) electrons.